The third-order valence-electron chi connectivity index (χ3n) is 6.44. The van der Waals surface area contributed by atoms with Gasteiger partial charge >= 0.3 is 5.97 Å². The predicted octanol–water partition coefficient (Wildman–Crippen LogP) is 2.85. The molecule has 1 N–H and O–H groups in total. The standard InChI is InChI=1S/C24H28O8/c1-13(25)32-24-12-31-11-17(24)22(14-6-7-18(27-2)19(8-14)28-3)15-9-20(29-4)21(30-5)10-16(15)23(24)26/h6-10,17,22-23,26H,11-12H2,1-5H3/t17-,22+,23?,24-/m1/s1. The van der Waals surface area contributed by atoms with Gasteiger partial charge in [0.15, 0.2) is 28.6 Å². The first-order valence-electron chi connectivity index (χ1n) is 10.3. The molecule has 0 amide bonds. The third kappa shape index (κ3) is 3.34. The lowest BCUT2D eigenvalue weighted by Gasteiger charge is -2.46. The molecule has 0 spiro atoms. The molecule has 2 aliphatic rings. The van der Waals surface area contributed by atoms with E-state index >= 15 is 0 Å². The smallest absolute Gasteiger partial charge is 0.303 e. The molecule has 1 aliphatic heterocycles. The average molecular weight is 444 g/mol. The first-order valence-corrected chi connectivity index (χ1v) is 10.3. The van der Waals surface area contributed by atoms with Gasteiger partial charge in [0.1, 0.15) is 6.10 Å². The molecule has 2 aromatic rings. The molecule has 0 saturated carbocycles. The van der Waals surface area contributed by atoms with Crippen LogP contribution in [0.5, 0.6) is 23.0 Å². The SMILES string of the molecule is COc1ccc([C@H]2c3cc(OC)c(OC)cc3C(O)[C@@]3(OC(C)=O)COC[C@H]23)cc1OC. The number of benzene rings is 2. The van der Waals surface area contributed by atoms with Gasteiger partial charge in [-0.25, -0.2) is 0 Å². The number of ether oxygens (including phenoxy) is 6. The van der Waals surface area contributed by atoms with Crippen LogP contribution in [0.25, 0.3) is 0 Å². The predicted molar refractivity (Wildman–Crippen MR) is 115 cm³/mol. The van der Waals surface area contributed by atoms with Crippen LogP contribution in [-0.4, -0.2) is 58.3 Å². The zero-order valence-electron chi connectivity index (χ0n) is 18.8. The summed E-state index contributed by atoms with van der Waals surface area (Å²) in [6, 6.07) is 9.30. The minimum absolute atomic E-state index is 0.0932. The van der Waals surface area contributed by atoms with E-state index in [1.165, 1.54) is 14.0 Å². The summed E-state index contributed by atoms with van der Waals surface area (Å²) in [5.74, 6) is 1.13. The van der Waals surface area contributed by atoms with E-state index in [-0.39, 0.29) is 18.4 Å². The Morgan fingerprint density at radius 2 is 1.53 bits per heavy atom. The highest BCUT2D eigenvalue weighted by Gasteiger charge is 2.60. The molecule has 2 aromatic carbocycles. The van der Waals surface area contributed by atoms with Crippen LogP contribution in [0.1, 0.15) is 35.6 Å². The summed E-state index contributed by atoms with van der Waals surface area (Å²) in [6.07, 6.45) is -1.09. The van der Waals surface area contributed by atoms with Crippen LogP contribution in [0.3, 0.4) is 0 Å². The van der Waals surface area contributed by atoms with E-state index in [9.17, 15) is 9.90 Å². The number of methoxy groups -OCH3 is 4. The van der Waals surface area contributed by atoms with E-state index in [0.717, 1.165) is 11.1 Å². The van der Waals surface area contributed by atoms with Gasteiger partial charge in [0, 0.05) is 18.8 Å². The Labute approximate surface area is 186 Å². The van der Waals surface area contributed by atoms with Crippen LogP contribution in [-0.2, 0) is 14.3 Å². The van der Waals surface area contributed by atoms with E-state index in [1.54, 1.807) is 27.4 Å². The molecule has 32 heavy (non-hydrogen) atoms. The molecule has 8 heteroatoms. The van der Waals surface area contributed by atoms with Crippen molar-refractivity contribution in [2.75, 3.05) is 41.7 Å². The Kier molecular flexibility index (Phi) is 5.92. The quantitative estimate of drug-likeness (QED) is 0.680. The largest absolute Gasteiger partial charge is 0.493 e. The lowest BCUT2D eigenvalue weighted by atomic mass is 9.64. The number of fused-ring (bicyclic) bond motifs is 2. The van der Waals surface area contributed by atoms with Gasteiger partial charge in [0.2, 0.25) is 0 Å². The number of rotatable bonds is 6. The van der Waals surface area contributed by atoms with E-state index in [4.69, 9.17) is 28.4 Å². The van der Waals surface area contributed by atoms with Crippen LogP contribution in [0, 0.1) is 5.92 Å². The molecule has 1 unspecified atom stereocenters. The van der Waals surface area contributed by atoms with E-state index < -0.39 is 17.7 Å². The lowest BCUT2D eigenvalue weighted by Crippen LogP contribution is -2.52. The fourth-order valence-corrected chi connectivity index (χ4v) is 5.04. The molecule has 1 aliphatic carbocycles. The second-order valence-electron chi connectivity index (χ2n) is 8.00. The maximum Gasteiger partial charge on any atom is 0.303 e. The first kappa shape index (κ1) is 22.2. The van der Waals surface area contributed by atoms with Gasteiger partial charge in [-0.2, -0.15) is 0 Å². The van der Waals surface area contributed by atoms with Crippen molar-refractivity contribution in [3.05, 3.63) is 47.0 Å². The van der Waals surface area contributed by atoms with Crippen LogP contribution < -0.4 is 18.9 Å². The Morgan fingerprint density at radius 3 is 2.12 bits per heavy atom. The van der Waals surface area contributed by atoms with Crippen LogP contribution in [0.4, 0.5) is 0 Å². The molecule has 1 fully saturated rings. The number of aliphatic hydroxyl groups excluding tert-OH is 1. The Morgan fingerprint density at radius 1 is 0.938 bits per heavy atom. The normalized spacial score (nSPS) is 26.0. The minimum Gasteiger partial charge on any atom is -0.493 e. The lowest BCUT2D eigenvalue weighted by molar-refractivity contribution is -0.182. The van der Waals surface area contributed by atoms with Gasteiger partial charge in [0.05, 0.1) is 41.7 Å². The van der Waals surface area contributed by atoms with E-state index in [1.807, 2.05) is 24.3 Å². The number of hydrogen-bond acceptors (Lipinski definition) is 8. The maximum absolute atomic E-state index is 12.1. The molecule has 8 nitrogen and oxygen atoms in total. The number of hydrogen-bond donors (Lipinski definition) is 1. The summed E-state index contributed by atoms with van der Waals surface area (Å²) in [5.41, 5.74) is 1.14. The van der Waals surface area contributed by atoms with Crippen molar-refractivity contribution in [3.8, 4) is 23.0 Å². The number of carbonyl (C=O) groups is 1. The van der Waals surface area contributed by atoms with Crippen molar-refractivity contribution >= 4 is 5.97 Å². The van der Waals surface area contributed by atoms with Crippen LogP contribution in [0.2, 0.25) is 0 Å². The van der Waals surface area contributed by atoms with Gasteiger partial charge in [-0.3, -0.25) is 4.79 Å². The van der Waals surface area contributed by atoms with Crippen molar-refractivity contribution in [3.63, 3.8) is 0 Å². The summed E-state index contributed by atoms with van der Waals surface area (Å²) in [5, 5.41) is 11.5. The van der Waals surface area contributed by atoms with Crippen molar-refractivity contribution in [2.24, 2.45) is 5.92 Å². The van der Waals surface area contributed by atoms with Gasteiger partial charge in [-0.05, 0) is 41.0 Å². The monoisotopic (exact) mass is 444 g/mol. The number of aliphatic hydroxyl groups is 1. The second-order valence-corrected chi connectivity index (χ2v) is 8.00. The molecular weight excluding hydrogens is 416 g/mol. The fraction of sp³-hybridized carbons (Fsp3) is 0.458. The topological polar surface area (TPSA) is 92.7 Å². The molecule has 0 aromatic heterocycles. The molecular formula is C24H28O8. The van der Waals surface area contributed by atoms with Gasteiger partial charge < -0.3 is 33.5 Å². The maximum atomic E-state index is 12.1. The summed E-state index contributed by atoms with van der Waals surface area (Å²) in [7, 11) is 6.26. The molecule has 4 atom stereocenters. The summed E-state index contributed by atoms with van der Waals surface area (Å²) in [4.78, 5) is 12.1. The highest BCUT2D eigenvalue weighted by atomic mass is 16.6. The second kappa shape index (κ2) is 8.52. The van der Waals surface area contributed by atoms with Crippen LogP contribution in [0.15, 0.2) is 30.3 Å². The van der Waals surface area contributed by atoms with Gasteiger partial charge in [0.25, 0.3) is 0 Å². The first-order chi connectivity index (χ1) is 15.4. The molecule has 0 radical (unpaired) electrons. The summed E-state index contributed by atoms with van der Waals surface area (Å²) in [6.45, 7) is 1.75. The zero-order chi connectivity index (χ0) is 23.0. The summed E-state index contributed by atoms with van der Waals surface area (Å²) < 4.78 is 33.5. The van der Waals surface area contributed by atoms with Gasteiger partial charge in [-0.1, -0.05) is 6.07 Å². The average Bonchev–Trinajstić information content (AvgIpc) is 3.22. The molecule has 4 rings (SSSR count). The molecule has 0 bridgehead atoms. The third-order valence-corrected chi connectivity index (χ3v) is 6.44. The molecule has 1 saturated heterocycles. The zero-order valence-corrected chi connectivity index (χ0v) is 18.8. The highest BCUT2D eigenvalue weighted by molar-refractivity contribution is 5.67. The number of carbonyl (C=O) groups excluding carboxylic acids is 1. The van der Waals surface area contributed by atoms with Crippen molar-refractivity contribution < 1.29 is 38.3 Å². The Bertz CT molecular complexity index is 1020. The minimum atomic E-state index is -1.23. The van der Waals surface area contributed by atoms with Crippen molar-refractivity contribution in [1.29, 1.82) is 0 Å². The Hall–Kier alpha value is -2.97. The number of esters is 1. The van der Waals surface area contributed by atoms with Gasteiger partial charge in [-0.15, -0.1) is 0 Å². The Balaban J connectivity index is 1.97. The van der Waals surface area contributed by atoms with E-state index in [0.29, 0.717) is 35.2 Å². The van der Waals surface area contributed by atoms with Crippen molar-refractivity contribution in [2.45, 2.75) is 24.5 Å². The van der Waals surface area contributed by atoms with E-state index in [2.05, 4.69) is 0 Å². The molecule has 172 valence electrons. The highest BCUT2D eigenvalue weighted by Crippen LogP contribution is 2.57. The van der Waals surface area contributed by atoms with Crippen molar-refractivity contribution in [1.82, 2.24) is 0 Å². The van der Waals surface area contributed by atoms with Crippen LogP contribution >= 0.6 is 0 Å². The summed E-state index contributed by atoms with van der Waals surface area (Å²) >= 11 is 0. The molecule has 1 heterocycles. The fourth-order valence-electron chi connectivity index (χ4n) is 5.04.